The molecular formula is C25H27O6P. The highest BCUT2D eigenvalue weighted by Gasteiger charge is 2.26. The van der Waals surface area contributed by atoms with Crippen molar-refractivity contribution in [3.05, 3.63) is 89.0 Å². The van der Waals surface area contributed by atoms with Gasteiger partial charge in [0.1, 0.15) is 17.2 Å². The molecule has 32 heavy (non-hydrogen) atoms. The Balaban J connectivity index is 1.73. The molecule has 3 rings (SSSR count). The molecule has 0 fully saturated rings. The van der Waals surface area contributed by atoms with E-state index in [1.807, 2.05) is 32.9 Å². The fourth-order valence-corrected chi connectivity index (χ4v) is 4.40. The number of hydrogen-bond donors (Lipinski definition) is 2. The number of rotatable bonds is 9. The van der Waals surface area contributed by atoms with Gasteiger partial charge in [0, 0.05) is 5.92 Å². The van der Waals surface area contributed by atoms with Crippen LogP contribution in [0.5, 0.6) is 17.2 Å². The number of carbonyl (C=O) groups is 1. The lowest BCUT2D eigenvalue weighted by Crippen LogP contribution is -2.17. The first-order valence-corrected chi connectivity index (χ1v) is 11.9. The third-order valence-electron chi connectivity index (χ3n) is 5.05. The van der Waals surface area contributed by atoms with Crippen molar-refractivity contribution in [3.63, 3.8) is 0 Å². The molecule has 0 aromatic heterocycles. The van der Waals surface area contributed by atoms with Gasteiger partial charge in [-0.1, -0.05) is 37.3 Å². The number of phenolic OH excluding ortho intramolecular Hbond substituents is 1. The normalized spacial score (nSPS) is 13.8. The number of phenols is 1. The number of ketones is 1. The molecule has 2 atom stereocenters. The van der Waals surface area contributed by atoms with Gasteiger partial charge in [-0.25, -0.2) is 4.57 Å². The van der Waals surface area contributed by atoms with Crippen molar-refractivity contribution < 1.29 is 28.4 Å². The van der Waals surface area contributed by atoms with E-state index >= 15 is 0 Å². The average Bonchev–Trinajstić information content (AvgIpc) is 2.70. The van der Waals surface area contributed by atoms with Gasteiger partial charge in [0.15, 0.2) is 5.78 Å². The van der Waals surface area contributed by atoms with Crippen molar-refractivity contribution in [2.45, 2.75) is 33.6 Å². The molecule has 168 valence electrons. The van der Waals surface area contributed by atoms with E-state index in [-0.39, 0.29) is 34.5 Å². The minimum absolute atomic E-state index is 0.0437. The molecule has 0 radical (unpaired) electrons. The molecular weight excluding hydrogens is 427 g/mol. The summed E-state index contributed by atoms with van der Waals surface area (Å²) in [4.78, 5) is 23.1. The Bertz CT molecular complexity index is 1140. The van der Waals surface area contributed by atoms with Gasteiger partial charge in [0.2, 0.25) is 0 Å². The van der Waals surface area contributed by atoms with Gasteiger partial charge in [-0.2, -0.15) is 0 Å². The maximum absolute atomic E-state index is 12.9. The van der Waals surface area contributed by atoms with Crippen LogP contribution in [0.4, 0.5) is 0 Å². The van der Waals surface area contributed by atoms with Crippen LogP contribution in [0.25, 0.3) is 0 Å². The zero-order chi connectivity index (χ0) is 23.3. The SMILES string of the molecule is CCC(Cc1cccc(OP(=O)(O)Oc2cc(C)cc(C)c2)c1)C(=O)c1ccccc1O. The van der Waals surface area contributed by atoms with Gasteiger partial charge in [-0.15, -0.1) is 0 Å². The molecule has 6 nitrogen and oxygen atoms in total. The summed E-state index contributed by atoms with van der Waals surface area (Å²) >= 11 is 0. The molecule has 0 saturated heterocycles. The fraction of sp³-hybridized carbons (Fsp3) is 0.240. The van der Waals surface area contributed by atoms with Crippen LogP contribution in [0.15, 0.2) is 66.7 Å². The highest BCUT2D eigenvalue weighted by Crippen LogP contribution is 2.45. The predicted molar refractivity (Wildman–Crippen MR) is 123 cm³/mol. The van der Waals surface area contributed by atoms with Crippen molar-refractivity contribution in [1.82, 2.24) is 0 Å². The molecule has 0 heterocycles. The topological polar surface area (TPSA) is 93.1 Å². The summed E-state index contributed by atoms with van der Waals surface area (Å²) in [6.45, 7) is 5.64. The quantitative estimate of drug-likeness (QED) is 0.303. The molecule has 3 aromatic rings. The second kappa shape index (κ2) is 10.0. The first-order valence-electron chi connectivity index (χ1n) is 10.4. The van der Waals surface area contributed by atoms with E-state index in [2.05, 4.69) is 0 Å². The Kier molecular flexibility index (Phi) is 7.39. The largest absolute Gasteiger partial charge is 0.584 e. The van der Waals surface area contributed by atoms with Crippen LogP contribution < -0.4 is 9.05 Å². The van der Waals surface area contributed by atoms with Crippen LogP contribution in [-0.2, 0) is 11.0 Å². The summed E-state index contributed by atoms with van der Waals surface area (Å²) in [6, 6.07) is 18.4. The summed E-state index contributed by atoms with van der Waals surface area (Å²) in [7, 11) is -4.41. The molecule has 7 heteroatoms. The summed E-state index contributed by atoms with van der Waals surface area (Å²) < 4.78 is 23.0. The first kappa shape index (κ1) is 23.6. The first-order chi connectivity index (χ1) is 15.2. The van der Waals surface area contributed by atoms with Crippen molar-refractivity contribution in [1.29, 1.82) is 0 Å². The number of aromatic hydroxyl groups is 1. The summed E-state index contributed by atoms with van der Waals surface area (Å²) in [6.07, 6.45) is 0.973. The molecule has 0 bridgehead atoms. The molecule has 0 aliphatic carbocycles. The number of para-hydroxylation sites is 1. The summed E-state index contributed by atoms with van der Waals surface area (Å²) in [5.41, 5.74) is 2.86. The van der Waals surface area contributed by atoms with Crippen LogP contribution in [0.2, 0.25) is 0 Å². The van der Waals surface area contributed by atoms with Crippen LogP contribution in [0.1, 0.15) is 40.4 Å². The highest BCUT2D eigenvalue weighted by molar-refractivity contribution is 7.48. The Morgan fingerprint density at radius 2 is 1.59 bits per heavy atom. The molecule has 0 amide bonds. The van der Waals surface area contributed by atoms with Crippen molar-refractivity contribution in [2.24, 2.45) is 5.92 Å². The minimum atomic E-state index is -4.41. The molecule has 3 aromatic carbocycles. The summed E-state index contributed by atoms with van der Waals surface area (Å²) in [5, 5.41) is 10.0. The Morgan fingerprint density at radius 3 is 2.25 bits per heavy atom. The minimum Gasteiger partial charge on any atom is -0.507 e. The monoisotopic (exact) mass is 454 g/mol. The average molecular weight is 454 g/mol. The van der Waals surface area contributed by atoms with Gasteiger partial charge in [-0.05, 0) is 79.8 Å². The van der Waals surface area contributed by atoms with Crippen molar-refractivity contribution in [3.8, 4) is 17.2 Å². The van der Waals surface area contributed by atoms with Gasteiger partial charge in [-0.3, -0.25) is 9.69 Å². The standard InChI is InChI=1S/C25H27O6P/c1-4-20(25(27)23-10-5-6-11-24(23)26)15-19-8-7-9-21(16-19)30-32(28,29)31-22-13-17(2)12-18(3)14-22/h5-14,16,20,26H,4,15H2,1-3H3,(H,28,29). The zero-order valence-corrected chi connectivity index (χ0v) is 19.2. The molecule has 0 saturated carbocycles. The molecule has 2 N–H and O–H groups in total. The number of phosphoric ester groups is 1. The Hall–Kier alpha value is -3.08. The Labute approximate surface area is 188 Å². The van der Waals surface area contributed by atoms with Crippen molar-refractivity contribution in [2.75, 3.05) is 0 Å². The maximum atomic E-state index is 12.9. The number of carbonyl (C=O) groups excluding carboxylic acids is 1. The third kappa shape index (κ3) is 6.22. The number of aryl methyl sites for hydroxylation is 2. The highest BCUT2D eigenvalue weighted by atomic mass is 31.2. The lowest BCUT2D eigenvalue weighted by Gasteiger charge is -2.17. The lowest BCUT2D eigenvalue weighted by atomic mass is 9.89. The van der Waals surface area contributed by atoms with E-state index in [1.54, 1.807) is 48.5 Å². The smallest absolute Gasteiger partial charge is 0.507 e. The number of benzene rings is 3. The second-order valence-corrected chi connectivity index (χ2v) is 9.11. The van der Waals surface area contributed by atoms with Gasteiger partial charge in [0.25, 0.3) is 0 Å². The molecule has 2 unspecified atom stereocenters. The molecule has 0 spiro atoms. The van der Waals surface area contributed by atoms with Crippen LogP contribution in [0.3, 0.4) is 0 Å². The molecule has 0 aliphatic heterocycles. The van der Waals surface area contributed by atoms with E-state index in [1.165, 1.54) is 6.07 Å². The van der Waals surface area contributed by atoms with Gasteiger partial charge in [0.05, 0.1) is 5.56 Å². The van der Waals surface area contributed by atoms with Crippen LogP contribution >= 0.6 is 7.82 Å². The molecule has 0 aliphatic rings. The van der Waals surface area contributed by atoms with E-state index in [9.17, 15) is 19.4 Å². The number of Topliss-reactive ketones (excluding diaryl/α,β-unsaturated/α-hetero) is 1. The predicted octanol–water partition coefficient (Wildman–Crippen LogP) is 6.02. The Morgan fingerprint density at radius 1 is 0.938 bits per heavy atom. The van der Waals surface area contributed by atoms with E-state index in [4.69, 9.17) is 9.05 Å². The zero-order valence-electron chi connectivity index (χ0n) is 18.3. The van der Waals surface area contributed by atoms with Gasteiger partial charge < -0.3 is 14.2 Å². The summed E-state index contributed by atoms with van der Waals surface area (Å²) in [5.74, 6) is -0.127. The van der Waals surface area contributed by atoms with E-state index < -0.39 is 7.82 Å². The lowest BCUT2D eigenvalue weighted by molar-refractivity contribution is 0.0913. The number of hydrogen-bond acceptors (Lipinski definition) is 5. The van der Waals surface area contributed by atoms with Gasteiger partial charge >= 0.3 is 7.82 Å². The maximum Gasteiger partial charge on any atom is 0.584 e. The van der Waals surface area contributed by atoms with Crippen molar-refractivity contribution >= 4 is 13.6 Å². The van der Waals surface area contributed by atoms with Crippen LogP contribution in [0, 0.1) is 19.8 Å². The van der Waals surface area contributed by atoms with E-state index in [0.717, 1.165) is 16.7 Å². The fourth-order valence-electron chi connectivity index (χ4n) is 3.61. The van der Waals surface area contributed by atoms with Crippen LogP contribution in [-0.4, -0.2) is 15.8 Å². The van der Waals surface area contributed by atoms with E-state index in [0.29, 0.717) is 12.8 Å². The number of phosphoric acid groups is 1. The third-order valence-corrected chi connectivity index (χ3v) is 5.93. The second-order valence-electron chi connectivity index (χ2n) is 7.81.